The number of piperidine rings is 3. The third-order valence-electron chi connectivity index (χ3n) is 5.05. The zero-order valence-electron chi connectivity index (χ0n) is 12.4. The number of nitriles is 1. The number of carbonyl (C=O) groups is 1. The molecule has 5 heterocycles. The molecule has 112 valence electrons. The molecule has 1 atom stereocenters. The first-order valence-corrected chi connectivity index (χ1v) is 7.78. The Morgan fingerprint density at radius 1 is 1.27 bits per heavy atom. The van der Waals surface area contributed by atoms with Gasteiger partial charge in [0.15, 0.2) is 6.19 Å². The van der Waals surface area contributed by atoms with Crippen molar-refractivity contribution in [2.75, 3.05) is 19.6 Å². The minimum atomic E-state index is -0.183. The van der Waals surface area contributed by atoms with E-state index >= 15 is 0 Å². The van der Waals surface area contributed by atoms with Gasteiger partial charge >= 0.3 is 0 Å². The Balaban J connectivity index is 1.63. The molecule has 2 aromatic heterocycles. The molecule has 2 aromatic rings. The highest BCUT2D eigenvalue weighted by molar-refractivity contribution is 5.95. The lowest BCUT2D eigenvalue weighted by Crippen LogP contribution is -2.57. The fraction of sp³-hybridized carbons (Fsp3) is 0.412. The zero-order valence-corrected chi connectivity index (χ0v) is 12.4. The Morgan fingerprint density at radius 2 is 2.09 bits per heavy atom. The summed E-state index contributed by atoms with van der Waals surface area (Å²) < 4.78 is 1.92. The first kappa shape index (κ1) is 13.4. The number of aromatic nitrogens is 1. The van der Waals surface area contributed by atoms with E-state index in [4.69, 9.17) is 0 Å². The van der Waals surface area contributed by atoms with Gasteiger partial charge < -0.3 is 9.30 Å². The van der Waals surface area contributed by atoms with Crippen LogP contribution in [0.4, 0.5) is 0 Å². The Hall–Kier alpha value is -2.32. The van der Waals surface area contributed by atoms with Crippen molar-refractivity contribution in [3.05, 3.63) is 42.2 Å². The second-order valence-electron chi connectivity index (χ2n) is 6.24. The summed E-state index contributed by atoms with van der Waals surface area (Å²) in [6.07, 6.45) is 8.05. The van der Waals surface area contributed by atoms with Gasteiger partial charge in [-0.25, -0.2) is 4.90 Å². The number of amides is 1. The minimum absolute atomic E-state index is 0.0281. The fourth-order valence-corrected chi connectivity index (χ4v) is 3.80. The van der Waals surface area contributed by atoms with Crippen molar-refractivity contribution >= 4 is 11.4 Å². The van der Waals surface area contributed by atoms with Crippen LogP contribution in [0, 0.1) is 17.4 Å². The lowest BCUT2D eigenvalue weighted by atomic mass is 9.83. The number of carbonyl (C=O) groups excluding carboxylic acids is 1. The van der Waals surface area contributed by atoms with Gasteiger partial charge in [-0.1, -0.05) is 0 Å². The molecule has 0 N–H and O–H groups in total. The average Bonchev–Trinajstić information content (AvgIpc) is 3.04. The number of rotatable bonds is 2. The van der Waals surface area contributed by atoms with Crippen LogP contribution in [-0.4, -0.2) is 45.8 Å². The van der Waals surface area contributed by atoms with E-state index in [0.717, 1.165) is 38.0 Å². The van der Waals surface area contributed by atoms with Crippen molar-refractivity contribution in [2.45, 2.75) is 18.9 Å². The van der Waals surface area contributed by atoms with Gasteiger partial charge in [0.25, 0.3) is 5.91 Å². The van der Waals surface area contributed by atoms with E-state index in [2.05, 4.69) is 11.1 Å². The fourth-order valence-electron chi connectivity index (χ4n) is 3.80. The van der Waals surface area contributed by atoms with E-state index in [-0.39, 0.29) is 11.9 Å². The third kappa shape index (κ3) is 2.08. The highest BCUT2D eigenvalue weighted by atomic mass is 16.2. The van der Waals surface area contributed by atoms with Gasteiger partial charge in [0, 0.05) is 24.5 Å². The molecular weight excluding hydrogens is 276 g/mol. The van der Waals surface area contributed by atoms with Crippen molar-refractivity contribution < 1.29 is 4.79 Å². The van der Waals surface area contributed by atoms with Crippen molar-refractivity contribution in [3.8, 4) is 6.19 Å². The lowest BCUT2D eigenvalue weighted by Gasteiger charge is -2.46. The largest absolute Gasteiger partial charge is 0.323 e. The molecule has 0 unspecified atom stereocenters. The average molecular weight is 294 g/mol. The smallest absolute Gasteiger partial charge is 0.268 e. The third-order valence-corrected chi connectivity index (χ3v) is 5.05. The van der Waals surface area contributed by atoms with E-state index in [9.17, 15) is 10.1 Å². The molecule has 5 nitrogen and oxygen atoms in total. The molecule has 3 aliphatic heterocycles. The SMILES string of the molecule is N#CN(C(=O)c1ccc2cccn2c1)[C@H]1CN2CCC1CC2. The van der Waals surface area contributed by atoms with Crippen LogP contribution in [-0.2, 0) is 0 Å². The summed E-state index contributed by atoms with van der Waals surface area (Å²) in [4.78, 5) is 16.6. The van der Waals surface area contributed by atoms with E-state index < -0.39 is 0 Å². The highest BCUT2D eigenvalue weighted by Gasteiger charge is 2.39. The molecule has 0 aliphatic carbocycles. The maximum absolute atomic E-state index is 12.8. The molecule has 5 rings (SSSR count). The minimum Gasteiger partial charge on any atom is -0.323 e. The van der Waals surface area contributed by atoms with E-state index in [0.29, 0.717) is 11.5 Å². The van der Waals surface area contributed by atoms with Crippen molar-refractivity contribution in [2.24, 2.45) is 5.92 Å². The van der Waals surface area contributed by atoms with E-state index in [1.54, 1.807) is 0 Å². The molecule has 2 bridgehead atoms. The summed E-state index contributed by atoms with van der Waals surface area (Å²) in [7, 11) is 0. The van der Waals surface area contributed by atoms with E-state index in [1.807, 2.05) is 41.1 Å². The molecule has 3 fully saturated rings. The Bertz CT molecular complexity index is 751. The molecule has 0 radical (unpaired) electrons. The summed E-state index contributed by atoms with van der Waals surface area (Å²) >= 11 is 0. The van der Waals surface area contributed by atoms with Crippen LogP contribution in [0.25, 0.3) is 5.52 Å². The molecule has 0 saturated carbocycles. The maximum atomic E-state index is 12.8. The molecule has 1 amide bonds. The normalized spacial score (nSPS) is 26.8. The molecule has 0 spiro atoms. The van der Waals surface area contributed by atoms with Crippen LogP contribution >= 0.6 is 0 Å². The summed E-state index contributed by atoms with van der Waals surface area (Å²) in [6.45, 7) is 3.03. The second-order valence-corrected chi connectivity index (χ2v) is 6.24. The second kappa shape index (κ2) is 5.15. The number of hydrogen-bond donors (Lipinski definition) is 0. The van der Waals surface area contributed by atoms with Gasteiger partial charge in [-0.3, -0.25) is 4.79 Å². The van der Waals surface area contributed by atoms with Crippen LogP contribution in [0.3, 0.4) is 0 Å². The van der Waals surface area contributed by atoms with Crippen molar-refractivity contribution in [1.82, 2.24) is 14.2 Å². The maximum Gasteiger partial charge on any atom is 0.268 e. The van der Waals surface area contributed by atoms with Gasteiger partial charge in [-0.15, -0.1) is 0 Å². The Morgan fingerprint density at radius 3 is 2.77 bits per heavy atom. The summed E-state index contributed by atoms with van der Waals surface area (Å²) in [5, 5.41) is 9.54. The van der Waals surface area contributed by atoms with Crippen molar-refractivity contribution in [3.63, 3.8) is 0 Å². The van der Waals surface area contributed by atoms with Gasteiger partial charge in [-0.2, -0.15) is 5.26 Å². The predicted molar refractivity (Wildman–Crippen MR) is 82.1 cm³/mol. The number of pyridine rings is 1. The predicted octanol–water partition coefficient (Wildman–Crippen LogP) is 1.96. The van der Waals surface area contributed by atoms with Crippen molar-refractivity contribution in [1.29, 1.82) is 5.26 Å². The molecule has 5 heteroatoms. The molecule has 3 saturated heterocycles. The standard InChI is InChI=1S/C17H18N4O/c18-12-21(16-11-19-8-5-13(16)6-9-19)17(22)14-3-4-15-2-1-7-20(15)10-14/h1-4,7,10,13,16H,5-6,8-9,11H2/t16-/m0/s1. The monoisotopic (exact) mass is 294 g/mol. The van der Waals surface area contributed by atoms with Crippen LogP contribution in [0.15, 0.2) is 36.7 Å². The van der Waals surface area contributed by atoms with Crippen LogP contribution in [0.2, 0.25) is 0 Å². The number of hydrogen-bond acceptors (Lipinski definition) is 3. The summed E-state index contributed by atoms with van der Waals surface area (Å²) in [6, 6.07) is 7.69. The first-order valence-electron chi connectivity index (χ1n) is 7.78. The Labute approximate surface area is 129 Å². The van der Waals surface area contributed by atoms with Gasteiger partial charge in [0.1, 0.15) is 0 Å². The summed E-state index contributed by atoms with van der Waals surface area (Å²) in [5.74, 6) is 0.278. The Kier molecular flexibility index (Phi) is 3.12. The molecule has 22 heavy (non-hydrogen) atoms. The van der Waals surface area contributed by atoms with Gasteiger partial charge in [-0.05, 0) is 56.1 Å². The zero-order chi connectivity index (χ0) is 15.1. The molecule has 3 aliphatic rings. The quantitative estimate of drug-likeness (QED) is 0.628. The molecular formula is C17H18N4O. The topological polar surface area (TPSA) is 51.8 Å². The molecule has 0 aromatic carbocycles. The summed E-state index contributed by atoms with van der Waals surface area (Å²) in [5.41, 5.74) is 1.62. The number of fused-ring (bicyclic) bond motifs is 4. The van der Waals surface area contributed by atoms with E-state index in [1.165, 1.54) is 4.90 Å². The van der Waals surface area contributed by atoms with Crippen LogP contribution in [0.1, 0.15) is 23.2 Å². The van der Waals surface area contributed by atoms with Crippen LogP contribution in [0.5, 0.6) is 0 Å². The van der Waals surface area contributed by atoms with Crippen LogP contribution < -0.4 is 0 Å². The number of nitrogens with zero attached hydrogens (tertiary/aromatic N) is 4. The highest BCUT2D eigenvalue weighted by Crippen LogP contribution is 2.31. The first-order chi connectivity index (χ1) is 10.8. The lowest BCUT2D eigenvalue weighted by molar-refractivity contribution is 0.0255. The van der Waals surface area contributed by atoms with Gasteiger partial charge in [0.05, 0.1) is 11.6 Å². The van der Waals surface area contributed by atoms with Gasteiger partial charge in [0.2, 0.25) is 0 Å².